The minimum Gasteiger partial charge on any atom is -0.354 e. The van der Waals surface area contributed by atoms with Gasteiger partial charge in [0.15, 0.2) is 11.5 Å². The van der Waals surface area contributed by atoms with E-state index in [-0.39, 0.29) is 11.8 Å². The maximum Gasteiger partial charge on any atom is 0.189 e. The van der Waals surface area contributed by atoms with Gasteiger partial charge in [-0.25, -0.2) is 0 Å². The average Bonchev–Trinajstić information content (AvgIpc) is 3.30. The first kappa shape index (κ1) is 23.7. The highest BCUT2D eigenvalue weighted by atomic mass is 35.5. The van der Waals surface area contributed by atoms with E-state index in [4.69, 9.17) is 21.1 Å². The summed E-state index contributed by atoms with van der Waals surface area (Å²) in [7, 11) is 0. The molecule has 0 saturated heterocycles. The van der Waals surface area contributed by atoms with Gasteiger partial charge in [0.25, 0.3) is 0 Å². The van der Waals surface area contributed by atoms with E-state index < -0.39 is 0 Å². The van der Waals surface area contributed by atoms with Crippen LogP contribution in [-0.2, 0) is 0 Å². The van der Waals surface area contributed by atoms with E-state index in [1.54, 1.807) is 12.3 Å². The van der Waals surface area contributed by atoms with Crippen LogP contribution in [0.15, 0.2) is 117 Å². The largest absolute Gasteiger partial charge is 0.354 e. The van der Waals surface area contributed by atoms with E-state index in [1.165, 1.54) is 0 Å². The van der Waals surface area contributed by atoms with E-state index >= 15 is 0 Å². The van der Waals surface area contributed by atoms with Crippen LogP contribution in [0.5, 0.6) is 0 Å². The zero-order valence-corrected chi connectivity index (χ0v) is 20.7. The lowest BCUT2D eigenvalue weighted by atomic mass is 9.90. The number of carbonyl (C=O) groups is 1. The van der Waals surface area contributed by atoms with Crippen molar-refractivity contribution in [1.82, 2.24) is 5.16 Å². The molecule has 5 rings (SSSR count). The number of allylic oxidation sites excluding steroid dienone is 4. The second-order valence-electron chi connectivity index (χ2n) is 8.69. The maximum atomic E-state index is 13.5. The highest BCUT2D eigenvalue weighted by Crippen LogP contribution is 2.33. The van der Waals surface area contributed by atoms with E-state index in [1.807, 2.05) is 73.7 Å². The molecule has 0 spiro atoms. The topological polar surface area (TPSA) is 55.5 Å². The number of hydrogen-bond acceptors (Lipinski definition) is 4. The number of aliphatic imine (C=N–C) groups is 1. The number of rotatable bonds is 7. The fourth-order valence-electron chi connectivity index (χ4n) is 4.45. The summed E-state index contributed by atoms with van der Waals surface area (Å²) in [5.74, 6) is 0.506. The minimum absolute atomic E-state index is 0.0130. The predicted octanol–water partition coefficient (Wildman–Crippen LogP) is 7.88. The highest BCUT2D eigenvalue weighted by Gasteiger charge is 2.23. The van der Waals surface area contributed by atoms with Crippen molar-refractivity contribution in [3.05, 3.63) is 136 Å². The molecule has 1 aliphatic carbocycles. The van der Waals surface area contributed by atoms with Crippen LogP contribution in [0, 0.1) is 6.92 Å². The summed E-state index contributed by atoms with van der Waals surface area (Å²) < 4.78 is 5.71. The first-order valence-corrected chi connectivity index (χ1v) is 12.3. The molecule has 0 bridgehead atoms. The molecule has 36 heavy (non-hydrogen) atoms. The van der Waals surface area contributed by atoms with Gasteiger partial charge >= 0.3 is 0 Å². The summed E-state index contributed by atoms with van der Waals surface area (Å²) in [4.78, 5) is 18.4. The summed E-state index contributed by atoms with van der Waals surface area (Å²) in [6, 6.07) is 27.6. The van der Waals surface area contributed by atoms with Gasteiger partial charge in [0.2, 0.25) is 0 Å². The molecule has 1 aliphatic rings. The van der Waals surface area contributed by atoms with Gasteiger partial charge in [-0.3, -0.25) is 9.79 Å². The fourth-order valence-corrected chi connectivity index (χ4v) is 4.61. The minimum atomic E-state index is -0.202. The number of halogens is 1. The molecule has 0 fully saturated rings. The van der Waals surface area contributed by atoms with Gasteiger partial charge in [0, 0.05) is 16.2 Å². The molecular formula is C31H25ClN2O2. The third-order valence-electron chi connectivity index (χ3n) is 6.29. The van der Waals surface area contributed by atoms with Gasteiger partial charge in [-0.15, -0.1) is 0 Å². The molecule has 0 aliphatic heterocycles. The molecule has 3 aromatic carbocycles. The number of ketones is 1. The van der Waals surface area contributed by atoms with Crippen LogP contribution in [0.4, 0.5) is 0 Å². The Morgan fingerprint density at radius 2 is 1.56 bits per heavy atom. The maximum absolute atomic E-state index is 13.5. The van der Waals surface area contributed by atoms with Crippen LogP contribution in [0.25, 0.3) is 11.1 Å². The molecule has 0 saturated carbocycles. The molecule has 0 radical (unpaired) electrons. The van der Waals surface area contributed by atoms with Gasteiger partial charge < -0.3 is 4.52 Å². The molecule has 4 nitrogen and oxygen atoms in total. The number of carbonyl (C=O) groups excluding carboxylic acids is 1. The Hall–Kier alpha value is -4.02. The quantitative estimate of drug-likeness (QED) is 0.195. The highest BCUT2D eigenvalue weighted by molar-refractivity contribution is 6.30. The standard InChI is InChI=1S/C31H25ClN2O2/c1-21-29(26-14-8-9-15-27(26)31(35)24-16-18-25(32)19-17-24)28(36-34-21)20-33-30(22-10-4-2-5-11-22)23-12-6-3-7-13-23/h2-16,18,20,30H,17,19H2,1H3. The zero-order chi connectivity index (χ0) is 24.9. The van der Waals surface area contributed by atoms with Gasteiger partial charge in [-0.05, 0) is 42.5 Å². The predicted molar refractivity (Wildman–Crippen MR) is 145 cm³/mol. The van der Waals surface area contributed by atoms with Crippen LogP contribution >= 0.6 is 11.6 Å². The molecule has 178 valence electrons. The first-order chi connectivity index (χ1) is 17.6. The Morgan fingerprint density at radius 3 is 2.19 bits per heavy atom. The lowest BCUT2D eigenvalue weighted by Crippen LogP contribution is -2.08. The normalized spacial score (nSPS) is 13.6. The first-order valence-electron chi connectivity index (χ1n) is 11.9. The van der Waals surface area contributed by atoms with Crippen LogP contribution < -0.4 is 0 Å². The van der Waals surface area contributed by atoms with Gasteiger partial charge in [-0.2, -0.15) is 0 Å². The van der Waals surface area contributed by atoms with Gasteiger partial charge in [0.1, 0.15) is 6.04 Å². The number of nitrogens with zero attached hydrogens (tertiary/aromatic N) is 2. The van der Waals surface area contributed by atoms with E-state index in [2.05, 4.69) is 29.4 Å². The Morgan fingerprint density at radius 1 is 0.917 bits per heavy atom. The number of Topliss-reactive ketones (excluding diaryl/α,β-unsaturated/α-hetero) is 1. The van der Waals surface area contributed by atoms with Crippen LogP contribution in [-0.4, -0.2) is 17.2 Å². The molecule has 0 N–H and O–H groups in total. The summed E-state index contributed by atoms with van der Waals surface area (Å²) in [5.41, 5.74) is 5.75. The molecule has 1 heterocycles. The van der Waals surface area contributed by atoms with Crippen LogP contribution in [0.1, 0.15) is 51.8 Å². The Balaban J connectivity index is 1.55. The monoisotopic (exact) mass is 492 g/mol. The van der Waals surface area contributed by atoms with Crippen molar-refractivity contribution >= 4 is 23.6 Å². The lowest BCUT2D eigenvalue weighted by molar-refractivity contribution is 0.103. The fraction of sp³-hybridized carbons (Fsp3) is 0.129. The summed E-state index contributed by atoms with van der Waals surface area (Å²) >= 11 is 6.11. The Bertz CT molecular complexity index is 1430. The molecule has 4 aromatic rings. The average molecular weight is 493 g/mol. The second-order valence-corrected chi connectivity index (χ2v) is 9.17. The molecule has 1 aromatic heterocycles. The van der Waals surface area contributed by atoms with Crippen molar-refractivity contribution in [2.45, 2.75) is 25.8 Å². The number of hydrogen-bond donors (Lipinski definition) is 0. The van der Waals surface area contributed by atoms with E-state index in [0.717, 1.165) is 32.9 Å². The third kappa shape index (κ3) is 5.00. The van der Waals surface area contributed by atoms with Crippen molar-refractivity contribution < 1.29 is 9.32 Å². The number of benzene rings is 3. The number of aromatic nitrogens is 1. The molecule has 0 unspecified atom stereocenters. The molecular weight excluding hydrogens is 468 g/mol. The van der Waals surface area contributed by atoms with Crippen molar-refractivity contribution in [2.75, 3.05) is 0 Å². The van der Waals surface area contributed by atoms with Gasteiger partial charge in [-0.1, -0.05) is 108 Å². The summed E-state index contributed by atoms with van der Waals surface area (Å²) in [6.07, 6.45) is 6.64. The van der Waals surface area contributed by atoms with Crippen LogP contribution in [0.2, 0.25) is 0 Å². The Kier molecular flexibility index (Phi) is 7.06. The van der Waals surface area contributed by atoms with Crippen LogP contribution in [0.3, 0.4) is 0 Å². The van der Waals surface area contributed by atoms with E-state index in [9.17, 15) is 4.79 Å². The SMILES string of the molecule is Cc1noc(C=NC(c2ccccc2)c2ccccc2)c1-c1ccccc1C(=O)C1=CC=C(Cl)CC1. The van der Waals surface area contributed by atoms with Crippen molar-refractivity contribution in [2.24, 2.45) is 4.99 Å². The smallest absolute Gasteiger partial charge is 0.189 e. The third-order valence-corrected chi connectivity index (χ3v) is 6.61. The Labute approximate surface area is 215 Å². The summed E-state index contributed by atoms with van der Waals surface area (Å²) in [6.45, 7) is 1.88. The van der Waals surface area contributed by atoms with E-state index in [0.29, 0.717) is 29.9 Å². The zero-order valence-electron chi connectivity index (χ0n) is 19.9. The molecule has 0 amide bonds. The number of aryl methyl sites for hydroxylation is 1. The molecule has 5 heteroatoms. The van der Waals surface area contributed by atoms with Crippen molar-refractivity contribution in [3.63, 3.8) is 0 Å². The summed E-state index contributed by atoms with van der Waals surface area (Å²) in [5, 5.41) is 4.98. The van der Waals surface area contributed by atoms with Gasteiger partial charge in [0.05, 0.1) is 17.5 Å². The lowest BCUT2D eigenvalue weighted by Gasteiger charge is -2.14. The molecule has 0 atom stereocenters. The van der Waals surface area contributed by atoms with Crippen molar-refractivity contribution in [1.29, 1.82) is 0 Å². The van der Waals surface area contributed by atoms with Crippen molar-refractivity contribution in [3.8, 4) is 11.1 Å². The second kappa shape index (κ2) is 10.7.